The first-order valence-electron chi connectivity index (χ1n) is 29.8. The fraction of sp³-hybridized carbons (Fsp3) is 0. The molecule has 17 aromatic rings. The van der Waals surface area contributed by atoms with E-state index in [1.165, 1.54) is 10.8 Å². The zero-order valence-corrected chi connectivity index (χ0v) is 47.8. The molecule has 0 atom stereocenters. The Bertz CT molecular complexity index is 5410. The third kappa shape index (κ3) is 8.37. The number of nitrogens with zero attached hydrogens (tertiary/aromatic N) is 8. The minimum Gasteiger partial charge on any atom is -0.310 e. The average Bonchev–Trinajstić information content (AvgIpc) is 2.51. The number of rotatable bonds is 12. The first-order chi connectivity index (χ1) is 43.7. The van der Waals surface area contributed by atoms with Crippen LogP contribution in [0.25, 0.3) is 93.4 Å². The van der Waals surface area contributed by atoms with Crippen molar-refractivity contribution in [3.8, 4) is 17.1 Å². The standard InChI is InChI=1S/C80H54N8/c1-7-25-55(26-8-1)83(56-27-9-2-10-28-56)62-43-47-70-67-39-21-24-42-75(67)88(78(70)52-62)61-46-50-72-71(51-61)79(84(57-29-11-3-12-30-57)63-44-48-68-65-37-19-22-40-73(65)86(76(68)53-63)59-33-15-5-16-34-59)82-80(81-72)85(58-31-13-4-14-32-58)64-45-49-69-66-38-20-23-41-74(66)87(77(69)54-64)60-35-17-6-18-36-60/h1-54H. The molecule has 0 N–H and O–H groups in total. The Balaban J connectivity index is 0.943. The van der Waals surface area contributed by atoms with Gasteiger partial charge in [0.2, 0.25) is 5.95 Å². The van der Waals surface area contributed by atoms with Gasteiger partial charge < -0.3 is 18.6 Å². The molecule has 0 bridgehead atoms. The first kappa shape index (κ1) is 50.5. The molecule has 0 unspecified atom stereocenters. The molecule has 0 aliphatic rings. The van der Waals surface area contributed by atoms with Gasteiger partial charge in [-0.05, 0) is 146 Å². The molecule has 0 radical (unpaired) electrons. The van der Waals surface area contributed by atoms with E-state index in [2.05, 4.69) is 356 Å². The number of aromatic nitrogens is 5. The van der Waals surface area contributed by atoms with Gasteiger partial charge >= 0.3 is 0 Å². The lowest BCUT2D eigenvalue weighted by molar-refractivity contribution is 1.08. The van der Waals surface area contributed by atoms with E-state index in [4.69, 9.17) is 9.97 Å². The zero-order chi connectivity index (χ0) is 58.1. The van der Waals surface area contributed by atoms with Crippen LogP contribution in [0.4, 0.5) is 51.6 Å². The first-order valence-corrected chi connectivity index (χ1v) is 29.8. The Morgan fingerprint density at radius 3 is 0.966 bits per heavy atom. The van der Waals surface area contributed by atoms with Crippen LogP contribution in [0.3, 0.4) is 0 Å². The van der Waals surface area contributed by atoms with E-state index in [-0.39, 0.29) is 0 Å². The highest BCUT2D eigenvalue weighted by atomic mass is 15.3. The summed E-state index contributed by atoms with van der Waals surface area (Å²) in [5.74, 6) is 1.24. The van der Waals surface area contributed by atoms with Gasteiger partial charge in [-0.1, -0.05) is 182 Å². The van der Waals surface area contributed by atoms with Crippen LogP contribution in [-0.4, -0.2) is 23.7 Å². The summed E-state index contributed by atoms with van der Waals surface area (Å²) in [4.78, 5) is 18.6. The molecular formula is C80H54N8. The van der Waals surface area contributed by atoms with E-state index in [9.17, 15) is 0 Å². The largest absolute Gasteiger partial charge is 0.310 e. The highest BCUT2D eigenvalue weighted by molar-refractivity contribution is 6.13. The summed E-state index contributed by atoms with van der Waals surface area (Å²) in [6.07, 6.45) is 0. The summed E-state index contributed by atoms with van der Waals surface area (Å²) >= 11 is 0. The number of benzene rings is 13. The lowest BCUT2D eigenvalue weighted by atomic mass is 10.1. The molecule has 0 aliphatic heterocycles. The van der Waals surface area contributed by atoms with Crippen molar-refractivity contribution in [2.75, 3.05) is 14.7 Å². The normalized spacial score (nSPS) is 11.6. The van der Waals surface area contributed by atoms with Crippen LogP contribution in [0.15, 0.2) is 328 Å². The smallest absolute Gasteiger partial charge is 0.237 e. The van der Waals surface area contributed by atoms with Gasteiger partial charge in [0.05, 0.1) is 44.3 Å². The molecule has 4 heterocycles. The molecule has 0 spiro atoms. The maximum absolute atomic E-state index is 5.98. The van der Waals surface area contributed by atoms with E-state index in [0.29, 0.717) is 5.95 Å². The predicted molar refractivity (Wildman–Crippen MR) is 367 cm³/mol. The van der Waals surface area contributed by atoms with Gasteiger partial charge in [0.15, 0.2) is 5.82 Å². The molecule has 8 nitrogen and oxygen atoms in total. The number of hydrogen-bond donors (Lipinski definition) is 0. The van der Waals surface area contributed by atoms with E-state index < -0.39 is 0 Å². The number of para-hydroxylation sites is 9. The molecule has 0 saturated heterocycles. The second-order valence-electron chi connectivity index (χ2n) is 22.2. The number of fused-ring (bicyclic) bond motifs is 10. The van der Waals surface area contributed by atoms with Crippen LogP contribution in [-0.2, 0) is 0 Å². The molecular weight excluding hydrogens is 1070 g/mol. The van der Waals surface area contributed by atoms with E-state index >= 15 is 0 Å². The van der Waals surface area contributed by atoms with Gasteiger partial charge in [0.1, 0.15) is 0 Å². The summed E-state index contributed by atoms with van der Waals surface area (Å²) < 4.78 is 7.16. The fourth-order valence-corrected chi connectivity index (χ4v) is 13.3. The summed E-state index contributed by atoms with van der Waals surface area (Å²) in [7, 11) is 0. The van der Waals surface area contributed by atoms with Gasteiger partial charge in [0, 0.05) is 88.9 Å². The SMILES string of the molecule is c1ccc(N(c2ccccc2)c2ccc3c4ccccc4n(-c4ccc5nc(N(c6ccccc6)c6ccc7c8ccccc8n(-c8ccccc8)c7c6)nc(N(c6ccccc6)c6ccc7c8ccccc8n(-c8ccccc8)c7c6)c5c4)c3c2)cc1. The second kappa shape index (κ2) is 21.0. The van der Waals surface area contributed by atoms with Crippen LogP contribution in [0.5, 0.6) is 0 Å². The van der Waals surface area contributed by atoms with Gasteiger partial charge in [-0.15, -0.1) is 0 Å². The number of anilines is 9. The third-order valence-corrected chi connectivity index (χ3v) is 17.2. The third-order valence-electron chi connectivity index (χ3n) is 17.2. The molecule has 0 amide bonds. The molecule has 17 rings (SSSR count). The highest BCUT2D eigenvalue weighted by Gasteiger charge is 2.27. The Kier molecular flexibility index (Phi) is 12.0. The van der Waals surface area contributed by atoms with Crippen molar-refractivity contribution < 1.29 is 0 Å². The van der Waals surface area contributed by atoms with E-state index in [1.807, 2.05) is 0 Å². The van der Waals surface area contributed by atoms with Crippen LogP contribution >= 0.6 is 0 Å². The summed E-state index contributed by atoms with van der Waals surface area (Å²) in [5, 5.41) is 7.88. The van der Waals surface area contributed by atoms with Crippen molar-refractivity contribution in [3.05, 3.63) is 328 Å². The summed E-state index contributed by atoms with van der Waals surface area (Å²) in [6, 6.07) is 117. The topological polar surface area (TPSA) is 50.3 Å². The highest BCUT2D eigenvalue weighted by Crippen LogP contribution is 2.46. The Morgan fingerprint density at radius 1 is 0.205 bits per heavy atom. The van der Waals surface area contributed by atoms with Crippen molar-refractivity contribution in [2.24, 2.45) is 0 Å². The molecule has 0 saturated carbocycles. The molecule has 88 heavy (non-hydrogen) atoms. The van der Waals surface area contributed by atoms with Gasteiger partial charge in [0.25, 0.3) is 0 Å². The van der Waals surface area contributed by atoms with Crippen LogP contribution in [0, 0.1) is 0 Å². The Labute approximate surface area is 508 Å². The Morgan fingerprint density at radius 2 is 0.534 bits per heavy atom. The summed E-state index contributed by atoms with van der Waals surface area (Å²) in [5.41, 5.74) is 17.5. The second-order valence-corrected chi connectivity index (χ2v) is 22.2. The quantitative estimate of drug-likeness (QED) is 0.122. The minimum atomic E-state index is 0.520. The van der Waals surface area contributed by atoms with Crippen LogP contribution in [0.2, 0.25) is 0 Å². The van der Waals surface area contributed by atoms with E-state index in [1.54, 1.807) is 0 Å². The lowest BCUT2D eigenvalue weighted by Gasteiger charge is -2.29. The van der Waals surface area contributed by atoms with E-state index in [0.717, 1.165) is 128 Å². The Hall–Kier alpha value is -12.0. The number of hydrogen-bond acceptors (Lipinski definition) is 5. The van der Waals surface area contributed by atoms with Crippen molar-refractivity contribution in [2.45, 2.75) is 0 Å². The lowest BCUT2D eigenvalue weighted by Crippen LogP contribution is -2.18. The molecule has 414 valence electrons. The van der Waals surface area contributed by atoms with Crippen molar-refractivity contribution in [1.29, 1.82) is 0 Å². The predicted octanol–water partition coefficient (Wildman–Crippen LogP) is 21.3. The maximum atomic E-state index is 5.98. The zero-order valence-electron chi connectivity index (χ0n) is 47.8. The van der Waals surface area contributed by atoms with Crippen LogP contribution < -0.4 is 14.7 Å². The molecule has 13 aromatic carbocycles. The maximum Gasteiger partial charge on any atom is 0.237 e. The monoisotopic (exact) mass is 1130 g/mol. The van der Waals surface area contributed by atoms with Crippen molar-refractivity contribution in [3.63, 3.8) is 0 Å². The van der Waals surface area contributed by atoms with Crippen molar-refractivity contribution >= 4 is 128 Å². The summed E-state index contributed by atoms with van der Waals surface area (Å²) in [6.45, 7) is 0. The molecule has 4 aromatic heterocycles. The average molecular weight is 1130 g/mol. The molecule has 0 fully saturated rings. The van der Waals surface area contributed by atoms with Crippen LogP contribution in [0.1, 0.15) is 0 Å². The van der Waals surface area contributed by atoms with Gasteiger partial charge in [-0.3, -0.25) is 9.80 Å². The van der Waals surface area contributed by atoms with Gasteiger partial charge in [-0.25, -0.2) is 4.98 Å². The fourth-order valence-electron chi connectivity index (χ4n) is 13.3. The van der Waals surface area contributed by atoms with Crippen molar-refractivity contribution in [1.82, 2.24) is 23.7 Å². The molecule has 8 heteroatoms. The minimum absolute atomic E-state index is 0.520. The van der Waals surface area contributed by atoms with Gasteiger partial charge in [-0.2, -0.15) is 4.98 Å². The molecule has 0 aliphatic carbocycles.